The molecule has 0 bridgehead atoms. The molecule has 1 unspecified atom stereocenters. The van der Waals surface area contributed by atoms with Crippen LogP contribution in [-0.4, -0.2) is 12.6 Å². The lowest BCUT2D eigenvalue weighted by Crippen LogP contribution is -2.25. The molecule has 0 aliphatic rings. The second kappa shape index (κ2) is 2.18. The Morgan fingerprint density at radius 3 is 2.80 bits per heavy atom. The van der Waals surface area contributed by atoms with Gasteiger partial charge >= 0.3 is 0 Å². The third-order valence-corrected chi connectivity index (χ3v) is 0.354. The molecule has 2 nitrogen and oxygen atoms in total. The lowest BCUT2D eigenvalue weighted by atomic mass is 10.4. The molecular formula is C3H10N2. The van der Waals surface area contributed by atoms with Crippen molar-refractivity contribution in [1.29, 1.82) is 0 Å². The van der Waals surface area contributed by atoms with Gasteiger partial charge < -0.3 is 11.5 Å². The van der Waals surface area contributed by atoms with E-state index in [4.69, 9.17) is 7.15 Å². The van der Waals surface area contributed by atoms with Gasteiger partial charge in [0.25, 0.3) is 0 Å². The molecular weight excluding hydrogens is 64.0 g/mol. The number of rotatable bonds is 2. The zero-order chi connectivity index (χ0) is 4.99. The Hall–Kier alpha value is -0.0800. The maximum atomic E-state index is 6.48. The minimum absolute atomic E-state index is 0.130. The van der Waals surface area contributed by atoms with Crippen molar-refractivity contribution in [3.05, 3.63) is 0 Å². The Morgan fingerprint density at radius 2 is 2.80 bits per heavy atom. The fourth-order valence-corrected chi connectivity index (χ4v) is 0. The standard InChI is InChI=1S/C3H10N2/c1-3(5)2-4/h3H,2,4-5H2,1H3/i/hD. The van der Waals surface area contributed by atoms with Gasteiger partial charge in [0, 0.05) is 12.6 Å². The van der Waals surface area contributed by atoms with E-state index in [1.165, 1.54) is 0 Å². The zero-order valence-electron chi connectivity index (χ0n) is 4.36. The van der Waals surface area contributed by atoms with E-state index in [9.17, 15) is 0 Å². The van der Waals surface area contributed by atoms with E-state index < -0.39 is 0 Å². The second-order valence-electron chi connectivity index (χ2n) is 1.14. The summed E-state index contributed by atoms with van der Waals surface area (Å²) >= 11 is 0. The zero-order valence-corrected chi connectivity index (χ0v) is 3.36. The summed E-state index contributed by atoms with van der Waals surface area (Å²) in [4.78, 5) is 0. The van der Waals surface area contributed by atoms with Crippen LogP contribution in [0.15, 0.2) is 0 Å². The van der Waals surface area contributed by atoms with E-state index in [-0.39, 0.29) is 6.04 Å². The van der Waals surface area contributed by atoms with E-state index in [2.05, 4.69) is 5.73 Å². The van der Waals surface area contributed by atoms with Crippen LogP contribution >= 0.6 is 0 Å². The van der Waals surface area contributed by atoms with Crippen LogP contribution in [0.25, 0.3) is 0 Å². The summed E-state index contributed by atoms with van der Waals surface area (Å²) in [6, 6.07) is 0.130. The first-order valence-electron chi connectivity index (χ1n) is 2.18. The second-order valence-corrected chi connectivity index (χ2v) is 1.14. The molecule has 2 heteroatoms. The molecule has 0 radical (unpaired) electrons. The SMILES string of the molecule is [2H]NC(C)CN. The van der Waals surface area contributed by atoms with Crippen molar-refractivity contribution in [2.75, 3.05) is 6.54 Å². The minimum Gasteiger partial charge on any atom is -0.329 e. The Morgan fingerprint density at radius 1 is 2.20 bits per heavy atom. The maximum Gasteiger partial charge on any atom is 0.119 e. The van der Waals surface area contributed by atoms with Crippen molar-refractivity contribution < 1.29 is 1.41 Å². The van der Waals surface area contributed by atoms with Gasteiger partial charge in [0.15, 0.2) is 0 Å². The Bertz CT molecular complexity index is 28.0. The molecule has 0 amide bonds. The summed E-state index contributed by atoms with van der Waals surface area (Å²) < 4.78 is 6.48. The molecule has 32 valence electrons. The van der Waals surface area contributed by atoms with E-state index >= 15 is 0 Å². The van der Waals surface area contributed by atoms with Crippen LogP contribution in [-0.2, 0) is 0 Å². The van der Waals surface area contributed by atoms with Gasteiger partial charge in [0.05, 0.1) is 0 Å². The summed E-state index contributed by atoms with van der Waals surface area (Å²) in [5.74, 6) is 0. The number of nitrogens with two attached hydrogens (primary N) is 2. The highest BCUT2D eigenvalue weighted by Crippen LogP contribution is 1.59. The van der Waals surface area contributed by atoms with E-state index in [0.717, 1.165) is 0 Å². The van der Waals surface area contributed by atoms with Gasteiger partial charge in [-0.25, -0.2) is 0 Å². The largest absolute Gasteiger partial charge is 0.329 e. The van der Waals surface area contributed by atoms with Crippen molar-refractivity contribution in [1.82, 2.24) is 0 Å². The molecule has 0 fully saturated rings. The fourth-order valence-electron chi connectivity index (χ4n) is 0. The van der Waals surface area contributed by atoms with E-state index in [1.807, 2.05) is 6.92 Å². The highest BCUT2D eigenvalue weighted by atomic mass is 14.7. The fraction of sp³-hybridized carbons (Fsp3) is 1.00. The first-order chi connectivity index (χ1) is 2.81. The summed E-state index contributed by atoms with van der Waals surface area (Å²) in [6.45, 7) is 2.39. The topological polar surface area (TPSA) is 52.0 Å². The number of hydrogen-bond donors (Lipinski definition) is 2. The predicted octanol–water partition coefficient (Wildman–Crippen LogP) is -0.708. The highest BCUT2D eigenvalue weighted by Gasteiger charge is 1.79. The lowest BCUT2D eigenvalue weighted by molar-refractivity contribution is 0.752. The van der Waals surface area contributed by atoms with Gasteiger partial charge in [-0.2, -0.15) is 0 Å². The lowest BCUT2D eigenvalue weighted by Gasteiger charge is -1.92. The van der Waals surface area contributed by atoms with Crippen LogP contribution in [0.2, 0.25) is 1.41 Å². The molecule has 0 saturated carbocycles. The molecule has 0 aliphatic heterocycles. The molecule has 0 aromatic carbocycles. The van der Waals surface area contributed by atoms with Gasteiger partial charge in [-0.1, -0.05) is 0 Å². The molecule has 4 N–H and O–H groups in total. The first kappa shape index (κ1) is 3.12. The summed E-state index contributed by atoms with van der Waals surface area (Å²) in [7, 11) is 0. The van der Waals surface area contributed by atoms with Crippen molar-refractivity contribution in [2.45, 2.75) is 13.0 Å². The van der Waals surface area contributed by atoms with Crippen molar-refractivity contribution in [3.8, 4) is 0 Å². The third-order valence-electron chi connectivity index (χ3n) is 0.354. The summed E-state index contributed by atoms with van der Waals surface area (Å²) in [5, 5.41) is 0. The average Bonchev–Trinajstić information content (AvgIpc) is 1.65. The minimum atomic E-state index is 0.130. The normalized spacial score (nSPS) is 17.6. The molecule has 0 heterocycles. The highest BCUT2D eigenvalue weighted by molar-refractivity contribution is 4.48. The third kappa shape index (κ3) is 3.92. The smallest absolute Gasteiger partial charge is 0.119 e. The molecule has 0 saturated heterocycles. The van der Waals surface area contributed by atoms with Gasteiger partial charge in [-0.05, 0) is 6.92 Å². The van der Waals surface area contributed by atoms with Gasteiger partial charge in [-0.3, -0.25) is 0 Å². The van der Waals surface area contributed by atoms with Crippen LogP contribution in [0.3, 0.4) is 0 Å². The molecule has 0 spiro atoms. The van der Waals surface area contributed by atoms with Crippen LogP contribution in [0.5, 0.6) is 0 Å². The Labute approximate surface area is 33.6 Å². The molecule has 0 aromatic heterocycles. The molecule has 0 aliphatic carbocycles. The monoisotopic (exact) mass is 75.1 g/mol. The quantitative estimate of drug-likeness (QED) is 0.455. The molecule has 5 heavy (non-hydrogen) atoms. The van der Waals surface area contributed by atoms with Crippen molar-refractivity contribution in [2.24, 2.45) is 11.5 Å². The Balaban J connectivity index is 2.75. The Kier molecular flexibility index (Phi) is 1.36. The summed E-state index contributed by atoms with van der Waals surface area (Å²) in [5.41, 5.74) is 7.34. The average molecular weight is 75.1 g/mol. The van der Waals surface area contributed by atoms with Crippen LogP contribution in [0, 0.1) is 0 Å². The molecule has 0 rings (SSSR count). The molecule has 1 atom stereocenters. The van der Waals surface area contributed by atoms with Gasteiger partial charge in [0.2, 0.25) is 0 Å². The summed E-state index contributed by atoms with van der Waals surface area (Å²) in [6.07, 6.45) is 0. The first-order valence-corrected chi connectivity index (χ1v) is 1.68. The van der Waals surface area contributed by atoms with Crippen LogP contribution in [0.4, 0.5) is 0 Å². The van der Waals surface area contributed by atoms with E-state index in [1.54, 1.807) is 0 Å². The van der Waals surface area contributed by atoms with E-state index in [0.29, 0.717) is 6.54 Å². The van der Waals surface area contributed by atoms with Gasteiger partial charge in [-0.15, -0.1) is 0 Å². The van der Waals surface area contributed by atoms with Gasteiger partial charge in [0.1, 0.15) is 1.41 Å². The van der Waals surface area contributed by atoms with Crippen LogP contribution in [0.1, 0.15) is 6.92 Å². The molecule has 0 aromatic rings. The predicted molar refractivity (Wildman–Crippen MR) is 22.7 cm³/mol. The van der Waals surface area contributed by atoms with Crippen LogP contribution < -0.4 is 11.5 Å². The maximum absolute atomic E-state index is 6.48. The van der Waals surface area contributed by atoms with Crippen molar-refractivity contribution >= 4 is 0 Å². The van der Waals surface area contributed by atoms with Crippen molar-refractivity contribution in [3.63, 3.8) is 0 Å². The number of hydrogen-bond acceptors (Lipinski definition) is 2.